The van der Waals surface area contributed by atoms with Gasteiger partial charge in [0, 0.05) is 23.9 Å². The third-order valence-electron chi connectivity index (χ3n) is 4.66. The van der Waals surface area contributed by atoms with Gasteiger partial charge in [0.15, 0.2) is 0 Å². The Labute approximate surface area is 197 Å². The van der Waals surface area contributed by atoms with Crippen LogP contribution in [-0.4, -0.2) is 31.3 Å². The molecule has 2 amide bonds. The van der Waals surface area contributed by atoms with Crippen molar-refractivity contribution in [3.05, 3.63) is 71.3 Å². The van der Waals surface area contributed by atoms with Crippen LogP contribution < -0.4 is 25.2 Å². The second-order valence-electron chi connectivity index (χ2n) is 7.10. The zero-order valence-corrected chi connectivity index (χ0v) is 18.9. The van der Waals surface area contributed by atoms with Gasteiger partial charge >= 0.3 is 12.2 Å². The first-order valence-corrected chi connectivity index (χ1v) is 11.3. The Morgan fingerprint density at radius 1 is 1.17 bits per heavy atom. The number of methoxy groups -OCH3 is 1. The molecule has 0 aliphatic rings. The summed E-state index contributed by atoms with van der Waals surface area (Å²) in [5.74, 6) is -0.442. The van der Waals surface area contributed by atoms with Crippen molar-refractivity contribution in [2.75, 3.05) is 12.4 Å². The van der Waals surface area contributed by atoms with Crippen LogP contribution in [0.25, 0.3) is 5.69 Å². The predicted octanol–water partition coefficient (Wildman–Crippen LogP) is 2.65. The predicted molar refractivity (Wildman–Crippen MR) is 117 cm³/mol. The highest BCUT2D eigenvalue weighted by molar-refractivity contribution is 7.87. The molecule has 0 radical (unpaired) electrons. The van der Waals surface area contributed by atoms with Gasteiger partial charge in [0.25, 0.3) is 10.2 Å². The quantitative estimate of drug-likeness (QED) is 0.341. The van der Waals surface area contributed by atoms with Gasteiger partial charge in [-0.05, 0) is 24.3 Å². The van der Waals surface area contributed by atoms with Crippen molar-refractivity contribution in [1.82, 2.24) is 19.8 Å². The number of anilines is 1. The van der Waals surface area contributed by atoms with Gasteiger partial charge in [-0.1, -0.05) is 12.1 Å². The Kier molecular flexibility index (Phi) is 7.62. The number of carbonyl (C=O) groups is 1. The standard InChI is InChI=1S/C20H20F4N6O4S/c1-34-15-4-2-3-14(8-15)30-18(16(10-27-30)20(22,23)24)11-26-19(31)29-13-6-5-12(17(21)7-13)9-28-35(25,32)33/h2-8,10,28H,9,11H2,1H3,(H2,25,32,33)(H2,26,29,31). The van der Waals surface area contributed by atoms with Crippen LogP contribution in [0.2, 0.25) is 0 Å². The van der Waals surface area contributed by atoms with Crippen molar-refractivity contribution >= 4 is 21.9 Å². The molecule has 5 N–H and O–H groups in total. The molecule has 15 heteroatoms. The number of amides is 2. The molecule has 0 bridgehead atoms. The SMILES string of the molecule is COc1cccc(-n2ncc(C(F)(F)F)c2CNC(=O)Nc2ccc(CNS(N)(=O)=O)c(F)c2)c1. The van der Waals surface area contributed by atoms with Gasteiger partial charge in [0.1, 0.15) is 11.6 Å². The Morgan fingerprint density at radius 2 is 1.91 bits per heavy atom. The minimum atomic E-state index is -4.73. The minimum Gasteiger partial charge on any atom is -0.497 e. The van der Waals surface area contributed by atoms with Gasteiger partial charge in [0.2, 0.25) is 0 Å². The summed E-state index contributed by atoms with van der Waals surface area (Å²) in [5, 5.41) is 13.2. The molecule has 3 aromatic rings. The monoisotopic (exact) mass is 516 g/mol. The number of alkyl halides is 3. The smallest absolute Gasteiger partial charge is 0.419 e. The molecule has 0 saturated heterocycles. The maximum absolute atomic E-state index is 14.2. The lowest BCUT2D eigenvalue weighted by Crippen LogP contribution is -2.31. The first-order valence-electron chi connectivity index (χ1n) is 9.76. The summed E-state index contributed by atoms with van der Waals surface area (Å²) >= 11 is 0. The molecule has 0 spiro atoms. The zero-order valence-electron chi connectivity index (χ0n) is 18.1. The van der Waals surface area contributed by atoms with Crippen molar-refractivity contribution in [2.45, 2.75) is 19.3 Å². The number of halogens is 4. The number of rotatable bonds is 8. The van der Waals surface area contributed by atoms with Crippen molar-refractivity contribution in [3.63, 3.8) is 0 Å². The Bertz CT molecular complexity index is 1330. The van der Waals surface area contributed by atoms with E-state index in [0.29, 0.717) is 11.9 Å². The first kappa shape index (κ1) is 25.9. The third kappa shape index (κ3) is 6.91. The molecule has 1 heterocycles. The number of hydrogen-bond donors (Lipinski definition) is 4. The van der Waals surface area contributed by atoms with Gasteiger partial charge in [0.05, 0.1) is 36.8 Å². The Balaban J connectivity index is 1.75. The summed E-state index contributed by atoms with van der Waals surface area (Å²) in [5.41, 5.74) is -1.16. The molecule has 3 rings (SSSR count). The highest BCUT2D eigenvalue weighted by atomic mass is 32.2. The van der Waals surface area contributed by atoms with E-state index in [1.807, 2.05) is 4.72 Å². The van der Waals surface area contributed by atoms with Crippen molar-refractivity contribution < 1.29 is 35.5 Å². The van der Waals surface area contributed by atoms with E-state index in [2.05, 4.69) is 15.7 Å². The van der Waals surface area contributed by atoms with E-state index < -0.39 is 46.9 Å². The van der Waals surface area contributed by atoms with Crippen LogP contribution in [0.4, 0.5) is 28.0 Å². The highest BCUT2D eigenvalue weighted by Gasteiger charge is 2.36. The van der Waals surface area contributed by atoms with E-state index in [1.165, 1.54) is 31.4 Å². The van der Waals surface area contributed by atoms with Crippen molar-refractivity contribution in [2.24, 2.45) is 5.14 Å². The summed E-state index contributed by atoms with van der Waals surface area (Å²) in [6.07, 6.45) is -4.08. The topological polar surface area (TPSA) is 140 Å². The van der Waals surface area contributed by atoms with Gasteiger partial charge in [-0.2, -0.15) is 31.4 Å². The lowest BCUT2D eigenvalue weighted by atomic mass is 10.2. The fourth-order valence-electron chi connectivity index (χ4n) is 3.03. The van der Waals surface area contributed by atoms with Gasteiger partial charge in [-0.25, -0.2) is 19.0 Å². The molecular formula is C20H20F4N6O4S. The molecule has 0 aliphatic heterocycles. The summed E-state index contributed by atoms with van der Waals surface area (Å²) < 4.78 is 84.6. The molecule has 0 aliphatic carbocycles. The van der Waals surface area contributed by atoms with Crippen LogP contribution >= 0.6 is 0 Å². The molecule has 10 nitrogen and oxygen atoms in total. The molecule has 0 saturated carbocycles. The van der Waals surface area contributed by atoms with Crippen LogP contribution in [0.15, 0.2) is 48.7 Å². The highest BCUT2D eigenvalue weighted by Crippen LogP contribution is 2.33. The van der Waals surface area contributed by atoms with Crippen LogP contribution in [0.1, 0.15) is 16.8 Å². The lowest BCUT2D eigenvalue weighted by molar-refractivity contribution is -0.138. The van der Waals surface area contributed by atoms with Gasteiger partial charge in [-0.15, -0.1) is 0 Å². The summed E-state index contributed by atoms with van der Waals surface area (Å²) in [4.78, 5) is 12.3. The third-order valence-corrected chi connectivity index (χ3v) is 5.21. The average Bonchev–Trinajstić information content (AvgIpc) is 3.21. The summed E-state index contributed by atoms with van der Waals surface area (Å²) in [6.45, 7) is -0.970. The van der Waals surface area contributed by atoms with Gasteiger partial charge < -0.3 is 15.4 Å². The minimum absolute atomic E-state index is 0.0169. The number of nitrogens with two attached hydrogens (primary N) is 1. The molecule has 1 aromatic heterocycles. The summed E-state index contributed by atoms with van der Waals surface area (Å²) in [7, 11) is -2.62. The van der Waals surface area contributed by atoms with Crippen LogP contribution in [0, 0.1) is 5.82 Å². The molecule has 0 unspecified atom stereocenters. The van der Waals surface area contributed by atoms with Crippen molar-refractivity contribution in [3.8, 4) is 11.4 Å². The van der Waals surface area contributed by atoms with E-state index in [0.717, 1.165) is 10.7 Å². The number of aromatic nitrogens is 2. The molecule has 188 valence electrons. The number of nitrogens with zero attached hydrogens (tertiary/aromatic N) is 2. The van der Waals surface area contributed by atoms with E-state index in [4.69, 9.17) is 9.88 Å². The molecule has 0 fully saturated rings. The van der Waals surface area contributed by atoms with Gasteiger partial charge in [-0.3, -0.25) is 0 Å². The number of ether oxygens (including phenoxy) is 1. The van der Waals surface area contributed by atoms with E-state index in [-0.39, 0.29) is 22.6 Å². The molecule has 2 aromatic carbocycles. The first-order chi connectivity index (χ1) is 16.4. The molecular weight excluding hydrogens is 496 g/mol. The van der Waals surface area contributed by atoms with Crippen LogP contribution in [-0.2, 0) is 29.5 Å². The second-order valence-corrected chi connectivity index (χ2v) is 8.47. The number of urea groups is 1. The fourth-order valence-corrected chi connectivity index (χ4v) is 3.39. The van der Waals surface area contributed by atoms with Crippen molar-refractivity contribution in [1.29, 1.82) is 0 Å². The summed E-state index contributed by atoms with van der Waals surface area (Å²) in [6, 6.07) is 8.68. The number of hydrogen-bond acceptors (Lipinski definition) is 5. The molecule has 0 atom stereocenters. The normalized spacial score (nSPS) is 11.8. The van der Waals surface area contributed by atoms with E-state index in [9.17, 15) is 30.8 Å². The number of nitrogens with one attached hydrogen (secondary N) is 3. The average molecular weight is 516 g/mol. The van der Waals surface area contributed by atoms with E-state index >= 15 is 0 Å². The maximum Gasteiger partial charge on any atom is 0.419 e. The number of carbonyl (C=O) groups excluding carboxylic acids is 1. The van der Waals surface area contributed by atoms with Crippen LogP contribution in [0.3, 0.4) is 0 Å². The maximum atomic E-state index is 14.2. The lowest BCUT2D eigenvalue weighted by Gasteiger charge is -2.14. The Hall–Kier alpha value is -3.69. The fraction of sp³-hybridized carbons (Fsp3) is 0.200. The second kappa shape index (κ2) is 10.3. The van der Waals surface area contributed by atoms with Crippen LogP contribution in [0.5, 0.6) is 5.75 Å². The zero-order chi connectivity index (χ0) is 25.8. The van der Waals surface area contributed by atoms with E-state index in [1.54, 1.807) is 12.1 Å². The molecule has 35 heavy (non-hydrogen) atoms. The number of benzene rings is 2. The largest absolute Gasteiger partial charge is 0.497 e. The Morgan fingerprint density at radius 3 is 2.54 bits per heavy atom.